The van der Waals surface area contributed by atoms with Crippen LogP contribution in [0.1, 0.15) is 24.8 Å². The maximum absolute atomic E-state index is 13.6. The molecule has 0 spiro atoms. The van der Waals surface area contributed by atoms with Crippen molar-refractivity contribution in [2.24, 2.45) is 0 Å². The zero-order valence-electron chi connectivity index (χ0n) is 53.7. The van der Waals surface area contributed by atoms with Crippen LogP contribution in [0.3, 0.4) is 0 Å². The smallest absolute Gasteiger partial charge is 0.423 e. The summed E-state index contributed by atoms with van der Waals surface area (Å²) in [6, 6.07) is 16.8. The van der Waals surface area contributed by atoms with Crippen molar-refractivity contribution in [1.82, 2.24) is 42.5 Å². The van der Waals surface area contributed by atoms with Gasteiger partial charge in [0.2, 0.25) is 17.7 Å². The monoisotopic (exact) mass is 1670 g/mol. The van der Waals surface area contributed by atoms with Crippen molar-refractivity contribution in [1.29, 1.82) is 0 Å². The molecule has 3 aliphatic rings. The Kier molecular flexibility index (Phi) is 26.7. The number of halogens is 18. The lowest BCUT2D eigenvalue weighted by atomic mass is 9.80. The molecule has 0 radical (unpaired) electrons. The third kappa shape index (κ3) is 21.6. The van der Waals surface area contributed by atoms with E-state index in [0.717, 1.165) is 47.7 Å². The Morgan fingerprint density at radius 3 is 1.44 bits per heavy atom. The molecule has 3 fully saturated rings. The van der Waals surface area contributed by atoms with E-state index in [9.17, 15) is 98.7 Å². The minimum absolute atomic E-state index is 0.00147. The summed E-state index contributed by atoms with van der Waals surface area (Å²) in [6.45, 7) is -2.34. The Balaban J connectivity index is 0.000000171. The standard InChI is InChI=1S/C21H17ClF5N3O2.C15H14BrF4N3O2.C13H13BrFN3O2.C9H9F3O3S.C6H5BClFO2/c22-15-7-12(1-2-16(15)24)14-9-30(11-21(25,26)27)17-4-6-29(20(32)19(14)17)10-18(31)28-5-3-13(23)8-28;16-10-6-23(8-15(18,19)20)11-2-4-22(14(25)13(10)11)7-12(24)21-3-1-9(17)5-21;14-9-5-16-10-2-4-18(13(20)12(9)10)7-11(19)17-3-1-8(15)6-17;1-7-2-4-8(5-3-7)16(13,14)15-6-9(10,11)12;8-5-3-4(7(10)11)1-2-6(5)9/h1-2,4,6-7,9,13H,3,5,8,10-11H2;2,4,6,9H,1,3,5,7-8H2;2,4-5,8,16H,1,3,6-7H2;2-5H,6H2,1H3;1-3,10-11H. The third-order valence-corrected chi connectivity index (χ3v) is 19.0. The van der Waals surface area contributed by atoms with E-state index in [1.165, 1.54) is 98.5 Å². The second-order valence-corrected chi connectivity index (χ2v) is 27.8. The highest BCUT2D eigenvalue weighted by Gasteiger charge is 2.35. The summed E-state index contributed by atoms with van der Waals surface area (Å²) in [5.74, 6) is -2.37. The van der Waals surface area contributed by atoms with Crippen LogP contribution in [0.15, 0.2) is 144 Å². The number of nitrogens with zero attached hydrogens (tertiary/aromatic N) is 8. The lowest BCUT2D eigenvalue weighted by Crippen LogP contribution is -2.35. The van der Waals surface area contributed by atoms with Crippen LogP contribution in [0.25, 0.3) is 43.8 Å². The van der Waals surface area contributed by atoms with Gasteiger partial charge < -0.3 is 52.6 Å². The molecule has 9 aromatic rings. The minimum atomic E-state index is -4.67. The van der Waals surface area contributed by atoms with Crippen LogP contribution in [0.4, 0.5) is 61.5 Å². The molecule has 3 aromatic carbocycles. The summed E-state index contributed by atoms with van der Waals surface area (Å²) >= 11 is 17.6. The maximum Gasteiger partial charge on any atom is 0.488 e. The molecular formula is C64H58BBr2Cl2F14N9O11S. The summed E-state index contributed by atoms with van der Waals surface area (Å²) in [4.78, 5) is 81.5. The number of aromatic amines is 1. The number of benzene rings is 3. The molecule has 3 unspecified atom stereocenters. The van der Waals surface area contributed by atoms with Crippen LogP contribution in [0.5, 0.6) is 0 Å². The first kappa shape index (κ1) is 81.7. The van der Waals surface area contributed by atoms with Gasteiger partial charge in [0.25, 0.3) is 26.8 Å². The molecule has 0 saturated carbocycles. The number of carbonyl (C=O) groups excluding carboxylic acids is 3. The number of aromatic nitrogens is 6. The number of H-pyrrole nitrogens is 1. The van der Waals surface area contributed by atoms with Gasteiger partial charge in [0, 0.05) is 71.3 Å². The van der Waals surface area contributed by atoms with E-state index in [2.05, 4.69) is 41.0 Å². The van der Waals surface area contributed by atoms with Crippen LogP contribution in [-0.2, 0) is 61.4 Å². The first-order valence-corrected chi connectivity index (χ1v) is 34.5. The van der Waals surface area contributed by atoms with Gasteiger partial charge in [0.05, 0.1) is 67.3 Å². The van der Waals surface area contributed by atoms with Crippen molar-refractivity contribution in [3.05, 3.63) is 183 Å². The number of fused-ring (bicyclic) bond motifs is 3. The minimum Gasteiger partial charge on any atom is -0.423 e. The first-order chi connectivity index (χ1) is 48.6. The van der Waals surface area contributed by atoms with E-state index in [1.54, 1.807) is 25.4 Å². The number of hydrogen-bond acceptors (Lipinski definition) is 11. The normalized spacial score (nSPS) is 16.2. The van der Waals surface area contributed by atoms with Crippen LogP contribution in [0, 0.1) is 18.6 Å². The Morgan fingerprint density at radius 1 is 0.577 bits per heavy atom. The Morgan fingerprint density at radius 2 is 1.01 bits per heavy atom. The predicted octanol–water partition coefficient (Wildman–Crippen LogP) is 11.2. The molecule has 560 valence electrons. The molecule has 3 N–H and O–H groups in total. The number of rotatable bonds is 13. The van der Waals surface area contributed by atoms with Crippen LogP contribution < -0.4 is 22.1 Å². The number of alkyl halides is 12. The third-order valence-electron chi connectivity index (χ3n) is 16.0. The number of aryl methyl sites for hydroxylation is 1. The zero-order chi connectivity index (χ0) is 76.7. The van der Waals surface area contributed by atoms with Crippen LogP contribution >= 0.6 is 55.1 Å². The van der Waals surface area contributed by atoms with Crippen molar-refractivity contribution in [2.75, 3.05) is 45.9 Å². The van der Waals surface area contributed by atoms with E-state index in [4.69, 9.17) is 33.2 Å². The van der Waals surface area contributed by atoms with Crippen molar-refractivity contribution < 1.29 is 98.5 Å². The highest BCUT2D eigenvalue weighted by molar-refractivity contribution is 9.11. The second-order valence-electron chi connectivity index (χ2n) is 23.7. The molecule has 3 aliphatic heterocycles. The topological polar surface area (TPSA) is 236 Å². The van der Waals surface area contributed by atoms with E-state index >= 15 is 0 Å². The molecule has 0 bridgehead atoms. The van der Waals surface area contributed by atoms with Gasteiger partial charge in [-0.15, -0.1) is 0 Å². The fourth-order valence-electron chi connectivity index (χ4n) is 10.8. The van der Waals surface area contributed by atoms with Gasteiger partial charge in [-0.05, 0) is 124 Å². The van der Waals surface area contributed by atoms with E-state index in [-0.39, 0.29) is 128 Å². The SMILES string of the molecule is Cc1ccc(S(=O)(=O)OCC(F)(F)F)cc1.O=C(Cn1ccc2[nH]cc(Br)c2c1=O)N1CCC(F)C1.O=C(Cn1ccc2c(c(-c3ccc(F)c(Cl)c3)cn2CC(F)(F)F)c1=O)N1CCC(F)C1.O=C(Cn1ccc2c(c(Br)cn2CC(F)(F)F)c1=O)N1CCC(F)C1.OB(O)c1ccc(F)c(Cl)c1. The van der Waals surface area contributed by atoms with E-state index in [1.807, 2.05) is 0 Å². The fraction of sp³-hybridized carbons (Fsp3) is 0.344. The van der Waals surface area contributed by atoms with Gasteiger partial charge in [-0.1, -0.05) is 53.0 Å². The fourth-order valence-corrected chi connectivity index (χ4v) is 13.2. The lowest BCUT2D eigenvalue weighted by Gasteiger charge is -2.16. The van der Waals surface area contributed by atoms with E-state index in [0.29, 0.717) is 29.4 Å². The Labute approximate surface area is 607 Å². The molecule has 3 amide bonds. The number of pyridine rings is 3. The molecule has 40 heteroatoms. The highest BCUT2D eigenvalue weighted by Crippen LogP contribution is 2.34. The molecule has 104 heavy (non-hydrogen) atoms. The number of nitrogens with one attached hydrogen (secondary N) is 1. The zero-order valence-corrected chi connectivity index (χ0v) is 59.2. The number of carbonyl (C=O) groups is 3. The van der Waals surface area contributed by atoms with Gasteiger partial charge in [-0.3, -0.25) is 33.0 Å². The van der Waals surface area contributed by atoms with Crippen molar-refractivity contribution in [3.8, 4) is 11.1 Å². The second kappa shape index (κ2) is 34.1. The molecule has 0 aliphatic carbocycles. The summed E-state index contributed by atoms with van der Waals surface area (Å²) in [5.41, 5.74) is 0.713. The Hall–Kier alpha value is -8.01. The van der Waals surface area contributed by atoms with Gasteiger partial charge in [-0.2, -0.15) is 47.9 Å². The molecule has 9 heterocycles. The number of likely N-dealkylation sites (tertiary alicyclic amines) is 3. The highest BCUT2D eigenvalue weighted by atomic mass is 79.9. The average molecular weight is 1670 g/mol. The largest absolute Gasteiger partial charge is 0.488 e. The van der Waals surface area contributed by atoms with Crippen molar-refractivity contribution in [3.63, 3.8) is 0 Å². The molecular weight excluding hydrogens is 1610 g/mol. The van der Waals surface area contributed by atoms with Gasteiger partial charge >= 0.3 is 25.6 Å². The molecule has 3 saturated heterocycles. The lowest BCUT2D eigenvalue weighted by molar-refractivity contribution is -0.152. The first-order valence-electron chi connectivity index (χ1n) is 30.7. The van der Waals surface area contributed by atoms with Crippen LogP contribution in [-0.4, -0.2) is 169 Å². The quantitative estimate of drug-likeness (QED) is 0.0557. The number of amides is 3. The van der Waals surface area contributed by atoms with Gasteiger partial charge in [0.1, 0.15) is 62.9 Å². The average Bonchev–Trinajstić information content (AvgIpc) is 1.62. The van der Waals surface area contributed by atoms with Gasteiger partial charge in [-0.25, -0.2) is 22.0 Å². The summed E-state index contributed by atoms with van der Waals surface area (Å²) in [6.07, 6.45) is -7.77. The molecule has 20 nitrogen and oxygen atoms in total. The summed E-state index contributed by atoms with van der Waals surface area (Å²) in [5, 5.41) is 17.4. The van der Waals surface area contributed by atoms with Gasteiger partial charge in [0.15, 0.2) is 6.61 Å². The summed E-state index contributed by atoms with van der Waals surface area (Å²) in [7, 11) is -5.93. The van der Waals surface area contributed by atoms with Crippen LogP contribution in [0.2, 0.25) is 10.0 Å². The number of hydrogen-bond donors (Lipinski definition) is 3. The predicted molar refractivity (Wildman–Crippen MR) is 363 cm³/mol. The maximum atomic E-state index is 13.6. The van der Waals surface area contributed by atoms with Crippen molar-refractivity contribution in [2.45, 2.75) is 101 Å². The molecule has 3 atom stereocenters. The molecule has 12 rings (SSSR count). The molecule has 6 aromatic heterocycles. The Bertz CT molecular complexity index is 4920. The van der Waals surface area contributed by atoms with Crippen molar-refractivity contribution >= 4 is 128 Å². The van der Waals surface area contributed by atoms with E-state index < -0.39 is 109 Å². The summed E-state index contributed by atoms with van der Waals surface area (Å²) < 4.78 is 211.